The van der Waals surface area contributed by atoms with Crippen LogP contribution >= 0.6 is 0 Å². The lowest BCUT2D eigenvalue weighted by Crippen LogP contribution is -2.26. The van der Waals surface area contributed by atoms with Crippen LogP contribution in [0.1, 0.15) is 32.9 Å². The quantitative estimate of drug-likeness (QED) is 0.526. The molecule has 1 N–H and O–H groups in total. The smallest absolute Gasteiger partial charge is 0.251 e. The van der Waals surface area contributed by atoms with Crippen LogP contribution in [0.3, 0.4) is 0 Å². The van der Waals surface area contributed by atoms with Gasteiger partial charge in [-0.1, -0.05) is 59.7 Å². The minimum absolute atomic E-state index is 0.0464. The molecule has 4 heteroatoms. The van der Waals surface area contributed by atoms with Crippen molar-refractivity contribution in [3.05, 3.63) is 101 Å². The standard InChI is InChI=1S/C25H25N3O/c1-18-10-12-20(13-11-18)17-28-23-9-4-3-8-22(23)27-24(28)14-15-26-25(29)21-7-5-6-19(2)16-21/h3-13,16H,14-15,17H2,1-2H3,(H,26,29). The zero-order valence-electron chi connectivity index (χ0n) is 16.9. The number of fused-ring (bicyclic) bond motifs is 1. The molecule has 1 aromatic heterocycles. The van der Waals surface area contributed by atoms with E-state index in [1.807, 2.05) is 49.4 Å². The van der Waals surface area contributed by atoms with Crippen molar-refractivity contribution >= 4 is 16.9 Å². The Morgan fingerprint density at radius 2 is 1.72 bits per heavy atom. The maximum Gasteiger partial charge on any atom is 0.251 e. The molecule has 0 spiro atoms. The molecule has 146 valence electrons. The monoisotopic (exact) mass is 383 g/mol. The van der Waals surface area contributed by atoms with Gasteiger partial charge in [-0.2, -0.15) is 0 Å². The summed E-state index contributed by atoms with van der Waals surface area (Å²) in [6, 6.07) is 24.4. The summed E-state index contributed by atoms with van der Waals surface area (Å²) in [6.45, 7) is 5.40. The first kappa shape index (κ1) is 18.9. The molecule has 0 atom stereocenters. The highest BCUT2D eigenvalue weighted by Crippen LogP contribution is 2.18. The van der Waals surface area contributed by atoms with Crippen LogP contribution in [0, 0.1) is 13.8 Å². The predicted octanol–water partition coefficient (Wildman–Crippen LogP) is 4.67. The molecule has 0 aliphatic heterocycles. The van der Waals surface area contributed by atoms with E-state index in [2.05, 4.69) is 47.1 Å². The molecule has 29 heavy (non-hydrogen) atoms. The van der Waals surface area contributed by atoms with Crippen LogP contribution in [-0.2, 0) is 13.0 Å². The Kier molecular flexibility index (Phi) is 5.43. The van der Waals surface area contributed by atoms with E-state index < -0.39 is 0 Å². The van der Waals surface area contributed by atoms with Gasteiger partial charge in [0.2, 0.25) is 0 Å². The average molecular weight is 383 g/mol. The number of carbonyl (C=O) groups is 1. The van der Waals surface area contributed by atoms with Gasteiger partial charge in [0, 0.05) is 25.1 Å². The van der Waals surface area contributed by atoms with E-state index >= 15 is 0 Å². The Hall–Kier alpha value is -3.40. The zero-order valence-corrected chi connectivity index (χ0v) is 16.9. The molecule has 4 nitrogen and oxygen atoms in total. The normalized spacial score (nSPS) is 11.0. The van der Waals surface area contributed by atoms with Gasteiger partial charge in [0.25, 0.3) is 5.91 Å². The highest BCUT2D eigenvalue weighted by molar-refractivity contribution is 5.94. The second-order valence-corrected chi connectivity index (χ2v) is 7.46. The molecular weight excluding hydrogens is 358 g/mol. The number of hydrogen-bond acceptors (Lipinski definition) is 2. The lowest BCUT2D eigenvalue weighted by atomic mass is 10.1. The van der Waals surface area contributed by atoms with Gasteiger partial charge < -0.3 is 9.88 Å². The number of amides is 1. The second-order valence-electron chi connectivity index (χ2n) is 7.46. The third kappa shape index (κ3) is 4.37. The molecule has 0 unspecified atom stereocenters. The molecule has 1 heterocycles. The Morgan fingerprint density at radius 3 is 2.52 bits per heavy atom. The molecule has 3 aromatic carbocycles. The molecule has 0 saturated carbocycles. The van der Waals surface area contributed by atoms with E-state index in [0.717, 1.165) is 29.0 Å². The number of hydrogen-bond donors (Lipinski definition) is 1. The fourth-order valence-corrected chi connectivity index (χ4v) is 3.54. The molecule has 0 saturated heterocycles. The molecule has 0 fully saturated rings. The van der Waals surface area contributed by atoms with Gasteiger partial charge in [-0.15, -0.1) is 0 Å². The average Bonchev–Trinajstić information content (AvgIpc) is 3.07. The zero-order chi connectivity index (χ0) is 20.2. The van der Waals surface area contributed by atoms with Crippen molar-refractivity contribution in [2.75, 3.05) is 6.54 Å². The van der Waals surface area contributed by atoms with Crippen molar-refractivity contribution in [3.63, 3.8) is 0 Å². The molecule has 0 bridgehead atoms. The maximum absolute atomic E-state index is 12.4. The Balaban J connectivity index is 1.52. The number of nitrogens with one attached hydrogen (secondary N) is 1. The SMILES string of the molecule is Cc1ccc(Cn2c(CCNC(=O)c3cccc(C)c3)nc3ccccc32)cc1. The number of benzene rings is 3. The van der Waals surface area contributed by atoms with E-state index in [9.17, 15) is 4.79 Å². The third-order valence-corrected chi connectivity index (χ3v) is 5.11. The first-order valence-corrected chi connectivity index (χ1v) is 9.95. The topological polar surface area (TPSA) is 46.9 Å². The van der Waals surface area contributed by atoms with Crippen LogP contribution in [0.25, 0.3) is 11.0 Å². The first-order chi connectivity index (χ1) is 14.1. The van der Waals surface area contributed by atoms with Crippen molar-refractivity contribution in [2.24, 2.45) is 0 Å². The molecule has 0 aliphatic carbocycles. The third-order valence-electron chi connectivity index (χ3n) is 5.11. The maximum atomic E-state index is 12.4. The number of rotatable bonds is 6. The Labute approximate surface area is 171 Å². The van der Waals surface area contributed by atoms with Gasteiger partial charge in [-0.3, -0.25) is 4.79 Å². The van der Waals surface area contributed by atoms with E-state index in [4.69, 9.17) is 4.98 Å². The van der Waals surface area contributed by atoms with E-state index in [1.54, 1.807) is 0 Å². The second kappa shape index (κ2) is 8.31. The minimum atomic E-state index is -0.0464. The summed E-state index contributed by atoms with van der Waals surface area (Å²) in [4.78, 5) is 17.3. The summed E-state index contributed by atoms with van der Waals surface area (Å²) < 4.78 is 2.25. The van der Waals surface area contributed by atoms with Crippen molar-refractivity contribution in [2.45, 2.75) is 26.8 Å². The summed E-state index contributed by atoms with van der Waals surface area (Å²) in [5.41, 5.74) is 6.37. The summed E-state index contributed by atoms with van der Waals surface area (Å²) in [5.74, 6) is 0.936. The van der Waals surface area contributed by atoms with E-state index in [0.29, 0.717) is 18.5 Å². The van der Waals surface area contributed by atoms with Crippen molar-refractivity contribution in [1.82, 2.24) is 14.9 Å². The molecule has 1 amide bonds. The summed E-state index contributed by atoms with van der Waals surface area (Å²) in [6.07, 6.45) is 0.679. The fraction of sp³-hybridized carbons (Fsp3) is 0.200. The van der Waals surface area contributed by atoms with Gasteiger partial charge in [0.05, 0.1) is 11.0 Å². The predicted molar refractivity (Wildman–Crippen MR) is 117 cm³/mol. The van der Waals surface area contributed by atoms with E-state index in [-0.39, 0.29) is 5.91 Å². The van der Waals surface area contributed by atoms with Gasteiger partial charge in [0.1, 0.15) is 5.82 Å². The molecular formula is C25H25N3O. The van der Waals surface area contributed by atoms with Gasteiger partial charge in [0.15, 0.2) is 0 Å². The van der Waals surface area contributed by atoms with Crippen LogP contribution in [0.15, 0.2) is 72.8 Å². The number of imidazole rings is 1. The van der Waals surface area contributed by atoms with Crippen molar-refractivity contribution in [3.8, 4) is 0 Å². The lowest BCUT2D eigenvalue weighted by molar-refractivity contribution is 0.0954. The summed E-state index contributed by atoms with van der Waals surface area (Å²) in [7, 11) is 0. The van der Waals surface area contributed by atoms with Crippen LogP contribution in [0.5, 0.6) is 0 Å². The highest BCUT2D eigenvalue weighted by atomic mass is 16.1. The largest absolute Gasteiger partial charge is 0.352 e. The van der Waals surface area contributed by atoms with Crippen LogP contribution in [-0.4, -0.2) is 22.0 Å². The van der Waals surface area contributed by atoms with Crippen LogP contribution in [0.2, 0.25) is 0 Å². The number of aromatic nitrogens is 2. The molecule has 0 radical (unpaired) electrons. The Morgan fingerprint density at radius 1 is 0.931 bits per heavy atom. The fourth-order valence-electron chi connectivity index (χ4n) is 3.54. The van der Waals surface area contributed by atoms with E-state index in [1.165, 1.54) is 11.1 Å². The number of para-hydroxylation sites is 2. The summed E-state index contributed by atoms with van der Waals surface area (Å²) >= 11 is 0. The molecule has 4 rings (SSSR count). The molecule has 4 aromatic rings. The lowest BCUT2D eigenvalue weighted by Gasteiger charge is -2.11. The van der Waals surface area contributed by atoms with Crippen LogP contribution in [0.4, 0.5) is 0 Å². The van der Waals surface area contributed by atoms with Crippen LogP contribution < -0.4 is 5.32 Å². The van der Waals surface area contributed by atoms with Crippen molar-refractivity contribution in [1.29, 1.82) is 0 Å². The number of nitrogens with zero attached hydrogens (tertiary/aromatic N) is 2. The molecule has 0 aliphatic rings. The Bertz CT molecular complexity index is 1140. The summed E-state index contributed by atoms with van der Waals surface area (Å²) in [5, 5.41) is 3.03. The first-order valence-electron chi connectivity index (χ1n) is 9.95. The van der Waals surface area contributed by atoms with Crippen molar-refractivity contribution < 1.29 is 4.79 Å². The van der Waals surface area contributed by atoms with Gasteiger partial charge in [-0.05, 0) is 43.7 Å². The number of carbonyl (C=O) groups excluding carboxylic acids is 1. The van der Waals surface area contributed by atoms with Gasteiger partial charge >= 0.3 is 0 Å². The highest BCUT2D eigenvalue weighted by Gasteiger charge is 2.12. The van der Waals surface area contributed by atoms with Gasteiger partial charge in [-0.25, -0.2) is 4.98 Å². The minimum Gasteiger partial charge on any atom is -0.352 e. The number of aryl methyl sites for hydroxylation is 2.